The Labute approximate surface area is 173 Å². The van der Waals surface area contributed by atoms with Crippen molar-refractivity contribution in [3.63, 3.8) is 0 Å². The van der Waals surface area contributed by atoms with Gasteiger partial charge in [0, 0.05) is 32.6 Å². The molecule has 150 valence electrons. The summed E-state index contributed by atoms with van der Waals surface area (Å²) < 4.78 is 5.89. The molecular formula is C21H23N5O2S. The standard InChI is InChI=1S/C21H23N5O2S/c27-19(22-12-16-11-15-3-1-2-4-18(15)28-16)13-25-6-8-26(9-7-25)20-17-5-10-29-21(17)24-14-23-20/h1-5,10,14,16H,6-9,11-13H2,(H,22,27). The molecule has 0 aliphatic carbocycles. The van der Waals surface area contributed by atoms with Crippen molar-refractivity contribution >= 4 is 33.3 Å². The van der Waals surface area contributed by atoms with Gasteiger partial charge in [0.25, 0.3) is 0 Å². The average molecular weight is 410 g/mol. The zero-order valence-corrected chi connectivity index (χ0v) is 16.9. The first-order valence-electron chi connectivity index (χ1n) is 9.93. The summed E-state index contributed by atoms with van der Waals surface area (Å²) in [5.41, 5.74) is 1.22. The number of carbonyl (C=O) groups is 1. The maximum Gasteiger partial charge on any atom is 0.234 e. The Morgan fingerprint density at radius 3 is 2.90 bits per heavy atom. The van der Waals surface area contributed by atoms with Gasteiger partial charge < -0.3 is 15.0 Å². The molecule has 29 heavy (non-hydrogen) atoms. The molecule has 1 saturated heterocycles. The lowest BCUT2D eigenvalue weighted by Gasteiger charge is -2.35. The van der Waals surface area contributed by atoms with Crippen LogP contribution < -0.4 is 15.0 Å². The maximum absolute atomic E-state index is 12.4. The fourth-order valence-electron chi connectivity index (χ4n) is 4.00. The zero-order chi connectivity index (χ0) is 19.6. The summed E-state index contributed by atoms with van der Waals surface area (Å²) in [5.74, 6) is 1.99. The third kappa shape index (κ3) is 3.90. The first kappa shape index (κ1) is 18.3. The van der Waals surface area contributed by atoms with Gasteiger partial charge in [0.2, 0.25) is 5.91 Å². The van der Waals surface area contributed by atoms with Crippen molar-refractivity contribution in [3.05, 3.63) is 47.6 Å². The highest BCUT2D eigenvalue weighted by molar-refractivity contribution is 7.16. The number of piperazine rings is 1. The number of benzene rings is 1. The molecule has 0 saturated carbocycles. The molecule has 0 bridgehead atoms. The number of thiophene rings is 1. The van der Waals surface area contributed by atoms with Crippen LogP contribution in [0.5, 0.6) is 5.75 Å². The van der Waals surface area contributed by atoms with Crippen molar-refractivity contribution in [1.29, 1.82) is 0 Å². The highest BCUT2D eigenvalue weighted by atomic mass is 32.1. The van der Waals surface area contributed by atoms with E-state index in [1.165, 1.54) is 5.56 Å². The number of ether oxygens (including phenoxy) is 1. The van der Waals surface area contributed by atoms with E-state index in [1.54, 1.807) is 17.7 Å². The molecule has 1 N–H and O–H groups in total. The summed E-state index contributed by atoms with van der Waals surface area (Å²) in [7, 11) is 0. The van der Waals surface area contributed by atoms with E-state index in [9.17, 15) is 4.79 Å². The van der Waals surface area contributed by atoms with E-state index in [1.807, 2.05) is 18.2 Å². The molecule has 1 atom stereocenters. The van der Waals surface area contributed by atoms with Crippen LogP contribution in [0, 0.1) is 0 Å². The van der Waals surface area contributed by atoms with Gasteiger partial charge in [0.05, 0.1) is 18.5 Å². The van der Waals surface area contributed by atoms with Gasteiger partial charge in [0.15, 0.2) is 0 Å². The molecule has 2 aromatic heterocycles. The van der Waals surface area contributed by atoms with Crippen LogP contribution >= 0.6 is 11.3 Å². The van der Waals surface area contributed by atoms with Gasteiger partial charge in [-0.05, 0) is 23.1 Å². The van der Waals surface area contributed by atoms with E-state index < -0.39 is 0 Å². The molecule has 0 spiro atoms. The number of rotatable bonds is 5. The molecule has 1 fully saturated rings. The summed E-state index contributed by atoms with van der Waals surface area (Å²) in [6.07, 6.45) is 2.52. The highest BCUT2D eigenvalue weighted by Gasteiger charge is 2.24. The molecule has 1 aromatic carbocycles. The number of aromatic nitrogens is 2. The Morgan fingerprint density at radius 1 is 1.17 bits per heavy atom. The molecule has 5 rings (SSSR count). The van der Waals surface area contributed by atoms with Gasteiger partial charge in [-0.1, -0.05) is 18.2 Å². The quantitative estimate of drug-likeness (QED) is 0.695. The van der Waals surface area contributed by atoms with Crippen LogP contribution in [0.2, 0.25) is 0 Å². The second kappa shape index (κ2) is 7.96. The van der Waals surface area contributed by atoms with Crippen LogP contribution in [0.15, 0.2) is 42.0 Å². The summed E-state index contributed by atoms with van der Waals surface area (Å²) in [6, 6.07) is 10.1. The van der Waals surface area contributed by atoms with Crippen molar-refractivity contribution < 1.29 is 9.53 Å². The third-order valence-electron chi connectivity index (χ3n) is 5.52. The van der Waals surface area contributed by atoms with Crippen LogP contribution in [0.25, 0.3) is 10.2 Å². The number of nitrogens with one attached hydrogen (secondary N) is 1. The number of fused-ring (bicyclic) bond motifs is 2. The van der Waals surface area contributed by atoms with E-state index >= 15 is 0 Å². The van der Waals surface area contributed by atoms with Crippen molar-refractivity contribution in [2.24, 2.45) is 0 Å². The Hall–Kier alpha value is -2.71. The third-order valence-corrected chi connectivity index (χ3v) is 6.34. The Morgan fingerprint density at radius 2 is 2.03 bits per heavy atom. The SMILES string of the molecule is O=C(CN1CCN(c2ncnc3sccc23)CC1)NCC1Cc2ccccc2O1. The van der Waals surface area contributed by atoms with Gasteiger partial charge in [-0.25, -0.2) is 9.97 Å². The van der Waals surface area contributed by atoms with Crippen molar-refractivity contribution in [1.82, 2.24) is 20.2 Å². The monoisotopic (exact) mass is 409 g/mol. The molecule has 7 nitrogen and oxygen atoms in total. The minimum absolute atomic E-state index is 0.0268. The molecular weight excluding hydrogens is 386 g/mol. The number of para-hydroxylation sites is 1. The number of hydrogen-bond acceptors (Lipinski definition) is 7. The Kier molecular flexibility index (Phi) is 5.03. The summed E-state index contributed by atoms with van der Waals surface area (Å²) in [5, 5.41) is 6.20. The van der Waals surface area contributed by atoms with Crippen LogP contribution in [0.3, 0.4) is 0 Å². The van der Waals surface area contributed by atoms with Crippen molar-refractivity contribution in [2.75, 3.05) is 44.2 Å². The number of anilines is 1. The van der Waals surface area contributed by atoms with Gasteiger partial charge >= 0.3 is 0 Å². The fourth-order valence-corrected chi connectivity index (χ4v) is 4.73. The first-order chi connectivity index (χ1) is 14.3. The molecule has 2 aliphatic rings. The maximum atomic E-state index is 12.4. The van der Waals surface area contributed by atoms with E-state index in [4.69, 9.17) is 4.74 Å². The van der Waals surface area contributed by atoms with Crippen molar-refractivity contribution in [2.45, 2.75) is 12.5 Å². The predicted octanol–water partition coefficient (Wildman–Crippen LogP) is 1.93. The lowest BCUT2D eigenvalue weighted by molar-refractivity contribution is -0.122. The van der Waals surface area contributed by atoms with E-state index in [-0.39, 0.29) is 12.0 Å². The largest absolute Gasteiger partial charge is 0.488 e. The van der Waals surface area contributed by atoms with Crippen molar-refractivity contribution in [3.8, 4) is 5.75 Å². The second-order valence-corrected chi connectivity index (χ2v) is 8.35. The molecule has 3 aromatic rings. The molecule has 1 unspecified atom stereocenters. The minimum atomic E-state index is 0.0268. The smallest absolute Gasteiger partial charge is 0.234 e. The number of amides is 1. The van der Waals surface area contributed by atoms with Crippen LogP contribution in [-0.4, -0.2) is 66.1 Å². The second-order valence-electron chi connectivity index (χ2n) is 7.46. The molecule has 1 amide bonds. The van der Waals surface area contributed by atoms with Crippen LogP contribution in [-0.2, 0) is 11.2 Å². The number of hydrogen-bond donors (Lipinski definition) is 1. The minimum Gasteiger partial charge on any atom is -0.488 e. The zero-order valence-electron chi connectivity index (χ0n) is 16.1. The molecule has 0 radical (unpaired) electrons. The van der Waals surface area contributed by atoms with Gasteiger partial charge in [-0.3, -0.25) is 9.69 Å². The van der Waals surface area contributed by atoms with Crippen LogP contribution in [0.4, 0.5) is 5.82 Å². The summed E-state index contributed by atoms with van der Waals surface area (Å²) in [4.78, 5) is 26.7. The van der Waals surface area contributed by atoms with Gasteiger partial charge in [-0.15, -0.1) is 11.3 Å². The predicted molar refractivity (Wildman–Crippen MR) is 114 cm³/mol. The lowest BCUT2D eigenvalue weighted by Crippen LogP contribution is -2.50. The molecule has 2 aliphatic heterocycles. The Bertz CT molecular complexity index is 990. The van der Waals surface area contributed by atoms with Gasteiger partial charge in [-0.2, -0.15) is 0 Å². The molecule has 4 heterocycles. The average Bonchev–Trinajstić information content (AvgIpc) is 3.39. The van der Waals surface area contributed by atoms with E-state index in [2.05, 4.69) is 42.6 Å². The summed E-state index contributed by atoms with van der Waals surface area (Å²) in [6.45, 7) is 4.37. The normalized spacial score (nSPS) is 19.2. The summed E-state index contributed by atoms with van der Waals surface area (Å²) >= 11 is 1.63. The highest BCUT2D eigenvalue weighted by Crippen LogP contribution is 2.28. The number of nitrogens with zero attached hydrogens (tertiary/aromatic N) is 4. The van der Waals surface area contributed by atoms with Gasteiger partial charge in [0.1, 0.15) is 28.8 Å². The van der Waals surface area contributed by atoms with Crippen LogP contribution in [0.1, 0.15) is 5.56 Å². The van der Waals surface area contributed by atoms with E-state index in [0.717, 1.165) is 54.4 Å². The molecule has 8 heteroatoms. The lowest BCUT2D eigenvalue weighted by atomic mass is 10.1. The first-order valence-corrected chi connectivity index (χ1v) is 10.8. The number of carbonyl (C=O) groups excluding carboxylic acids is 1. The van der Waals surface area contributed by atoms with E-state index in [0.29, 0.717) is 13.1 Å². The Balaban J connectivity index is 1.09. The fraction of sp³-hybridized carbons (Fsp3) is 0.381. The topological polar surface area (TPSA) is 70.6 Å².